The monoisotopic (exact) mass is 275 g/mol. The van der Waals surface area contributed by atoms with Crippen LogP contribution in [0.2, 0.25) is 0 Å². The first-order valence-corrected chi connectivity index (χ1v) is 6.62. The first-order chi connectivity index (χ1) is 9.72. The Labute approximate surface area is 116 Å². The lowest BCUT2D eigenvalue weighted by atomic mass is 10.1. The van der Waals surface area contributed by atoms with Gasteiger partial charge in [-0.05, 0) is 19.4 Å². The van der Waals surface area contributed by atoms with Crippen LogP contribution in [0.5, 0.6) is 0 Å². The molecule has 0 aliphatic heterocycles. The van der Waals surface area contributed by atoms with Crippen molar-refractivity contribution in [2.24, 2.45) is 0 Å². The first kappa shape index (κ1) is 14.1. The number of rotatable bonds is 6. The standard InChI is InChI=1S/C15H17NO4/c1-2-19-14(17)8-5-9-16-15(18)12-10-20-13-7-4-3-6-11(12)13/h3-4,6-7,10H,2,5,8-9H2,1H3,(H,16,18). The van der Waals surface area contributed by atoms with E-state index in [1.54, 1.807) is 6.92 Å². The lowest BCUT2D eigenvalue weighted by Gasteiger charge is -2.04. The molecule has 1 amide bonds. The van der Waals surface area contributed by atoms with E-state index in [9.17, 15) is 9.59 Å². The normalized spacial score (nSPS) is 10.4. The number of amides is 1. The molecule has 0 saturated carbocycles. The minimum absolute atomic E-state index is 0.196. The summed E-state index contributed by atoms with van der Waals surface area (Å²) in [7, 11) is 0. The molecule has 0 unspecified atom stereocenters. The van der Waals surface area contributed by atoms with Crippen LogP contribution in [-0.4, -0.2) is 25.0 Å². The zero-order valence-electron chi connectivity index (χ0n) is 11.3. The molecule has 0 fully saturated rings. The molecule has 1 aromatic carbocycles. The highest BCUT2D eigenvalue weighted by molar-refractivity contribution is 6.05. The average molecular weight is 275 g/mol. The van der Waals surface area contributed by atoms with E-state index in [-0.39, 0.29) is 11.9 Å². The fraction of sp³-hybridized carbons (Fsp3) is 0.333. The molecule has 0 aliphatic carbocycles. The van der Waals surface area contributed by atoms with Crippen molar-refractivity contribution < 1.29 is 18.7 Å². The molecule has 0 aliphatic rings. The van der Waals surface area contributed by atoms with Gasteiger partial charge in [-0.15, -0.1) is 0 Å². The molecule has 5 nitrogen and oxygen atoms in total. The summed E-state index contributed by atoms with van der Waals surface area (Å²) < 4.78 is 10.1. The number of benzene rings is 1. The van der Waals surface area contributed by atoms with Crippen LogP contribution < -0.4 is 5.32 Å². The molecule has 5 heteroatoms. The van der Waals surface area contributed by atoms with Crippen molar-refractivity contribution in [3.8, 4) is 0 Å². The van der Waals surface area contributed by atoms with Gasteiger partial charge in [0.2, 0.25) is 0 Å². The molecule has 1 N–H and O–H groups in total. The Morgan fingerprint density at radius 3 is 2.90 bits per heavy atom. The predicted octanol–water partition coefficient (Wildman–Crippen LogP) is 2.51. The number of carbonyl (C=O) groups excluding carboxylic acids is 2. The van der Waals surface area contributed by atoms with Gasteiger partial charge in [0, 0.05) is 18.4 Å². The molecule has 106 valence electrons. The third-order valence-electron chi connectivity index (χ3n) is 2.87. The SMILES string of the molecule is CCOC(=O)CCCNC(=O)c1coc2ccccc12. The summed E-state index contributed by atoms with van der Waals surface area (Å²) in [6, 6.07) is 7.36. The van der Waals surface area contributed by atoms with Crippen molar-refractivity contribution in [2.45, 2.75) is 19.8 Å². The van der Waals surface area contributed by atoms with Crippen LogP contribution in [0.1, 0.15) is 30.1 Å². The lowest BCUT2D eigenvalue weighted by molar-refractivity contribution is -0.143. The maximum absolute atomic E-state index is 12.0. The largest absolute Gasteiger partial charge is 0.466 e. The number of furan rings is 1. The Morgan fingerprint density at radius 2 is 2.10 bits per heavy atom. The van der Waals surface area contributed by atoms with Gasteiger partial charge in [-0.2, -0.15) is 0 Å². The van der Waals surface area contributed by atoms with Crippen molar-refractivity contribution in [2.75, 3.05) is 13.2 Å². The van der Waals surface area contributed by atoms with Gasteiger partial charge >= 0.3 is 5.97 Å². The number of hydrogen-bond donors (Lipinski definition) is 1. The van der Waals surface area contributed by atoms with Crippen LogP contribution in [0.4, 0.5) is 0 Å². The van der Waals surface area contributed by atoms with Crippen LogP contribution in [0.3, 0.4) is 0 Å². The highest BCUT2D eigenvalue weighted by atomic mass is 16.5. The summed E-state index contributed by atoms with van der Waals surface area (Å²) in [5.74, 6) is -0.436. The topological polar surface area (TPSA) is 68.5 Å². The highest BCUT2D eigenvalue weighted by Crippen LogP contribution is 2.20. The van der Waals surface area contributed by atoms with E-state index in [1.807, 2.05) is 24.3 Å². The number of ether oxygens (including phenoxy) is 1. The predicted molar refractivity (Wildman–Crippen MR) is 74.4 cm³/mol. The van der Waals surface area contributed by atoms with Gasteiger partial charge < -0.3 is 14.5 Å². The van der Waals surface area contributed by atoms with Crippen molar-refractivity contribution >= 4 is 22.8 Å². The van der Waals surface area contributed by atoms with Crippen LogP contribution in [0.15, 0.2) is 34.9 Å². The molecule has 0 spiro atoms. The summed E-state index contributed by atoms with van der Waals surface area (Å²) in [5.41, 5.74) is 1.20. The Balaban J connectivity index is 1.85. The molecule has 20 heavy (non-hydrogen) atoms. The Bertz CT molecular complexity index is 603. The molecule has 1 heterocycles. The molecule has 2 rings (SSSR count). The number of para-hydroxylation sites is 1. The number of esters is 1. The summed E-state index contributed by atoms with van der Waals surface area (Å²) in [6.45, 7) is 2.58. The average Bonchev–Trinajstić information content (AvgIpc) is 2.87. The molecular weight excluding hydrogens is 258 g/mol. The number of fused-ring (bicyclic) bond motifs is 1. The van der Waals surface area contributed by atoms with Gasteiger partial charge in [0.15, 0.2) is 0 Å². The van der Waals surface area contributed by atoms with Gasteiger partial charge in [-0.3, -0.25) is 9.59 Å². The number of hydrogen-bond acceptors (Lipinski definition) is 4. The molecule has 0 saturated heterocycles. The van der Waals surface area contributed by atoms with Gasteiger partial charge in [-0.25, -0.2) is 0 Å². The van der Waals surface area contributed by atoms with E-state index in [2.05, 4.69) is 5.32 Å². The van der Waals surface area contributed by atoms with E-state index in [0.717, 1.165) is 5.39 Å². The Kier molecular flexibility index (Phi) is 4.76. The van der Waals surface area contributed by atoms with E-state index in [4.69, 9.17) is 9.15 Å². The fourth-order valence-electron chi connectivity index (χ4n) is 1.92. The van der Waals surface area contributed by atoms with Crippen LogP contribution in [0, 0.1) is 0 Å². The maximum Gasteiger partial charge on any atom is 0.305 e. The summed E-state index contributed by atoms with van der Waals surface area (Å²) in [6.07, 6.45) is 2.31. The third-order valence-corrected chi connectivity index (χ3v) is 2.87. The summed E-state index contributed by atoms with van der Waals surface area (Å²) >= 11 is 0. The van der Waals surface area contributed by atoms with Crippen LogP contribution in [-0.2, 0) is 9.53 Å². The molecule has 0 radical (unpaired) electrons. The highest BCUT2D eigenvalue weighted by Gasteiger charge is 2.12. The maximum atomic E-state index is 12.0. The molecular formula is C15H17NO4. The third kappa shape index (κ3) is 3.38. The molecule has 1 aromatic heterocycles. The number of carbonyl (C=O) groups is 2. The van der Waals surface area contributed by atoms with Crippen molar-refractivity contribution in [3.63, 3.8) is 0 Å². The quantitative estimate of drug-likeness (QED) is 0.649. The Morgan fingerprint density at radius 1 is 1.30 bits per heavy atom. The van der Waals surface area contributed by atoms with E-state index >= 15 is 0 Å². The van der Waals surface area contributed by atoms with E-state index < -0.39 is 0 Å². The van der Waals surface area contributed by atoms with Crippen LogP contribution >= 0.6 is 0 Å². The number of nitrogens with one attached hydrogen (secondary N) is 1. The van der Waals surface area contributed by atoms with E-state index in [1.165, 1.54) is 6.26 Å². The van der Waals surface area contributed by atoms with Gasteiger partial charge in [-0.1, -0.05) is 18.2 Å². The lowest BCUT2D eigenvalue weighted by Crippen LogP contribution is -2.24. The van der Waals surface area contributed by atoms with E-state index in [0.29, 0.717) is 37.1 Å². The second-order valence-electron chi connectivity index (χ2n) is 4.31. The second kappa shape index (κ2) is 6.75. The molecule has 2 aromatic rings. The second-order valence-corrected chi connectivity index (χ2v) is 4.31. The first-order valence-electron chi connectivity index (χ1n) is 6.62. The zero-order valence-corrected chi connectivity index (χ0v) is 11.3. The molecule has 0 bridgehead atoms. The minimum atomic E-state index is -0.240. The van der Waals surface area contributed by atoms with Gasteiger partial charge in [0.05, 0.1) is 12.2 Å². The smallest absolute Gasteiger partial charge is 0.305 e. The summed E-state index contributed by atoms with van der Waals surface area (Å²) in [4.78, 5) is 23.1. The minimum Gasteiger partial charge on any atom is -0.466 e. The fourth-order valence-corrected chi connectivity index (χ4v) is 1.92. The van der Waals surface area contributed by atoms with Gasteiger partial charge in [0.25, 0.3) is 5.91 Å². The van der Waals surface area contributed by atoms with Crippen molar-refractivity contribution in [3.05, 3.63) is 36.1 Å². The zero-order chi connectivity index (χ0) is 14.4. The van der Waals surface area contributed by atoms with Crippen LogP contribution in [0.25, 0.3) is 11.0 Å². The van der Waals surface area contributed by atoms with Crippen molar-refractivity contribution in [1.82, 2.24) is 5.32 Å². The Hall–Kier alpha value is -2.30. The van der Waals surface area contributed by atoms with Crippen molar-refractivity contribution in [1.29, 1.82) is 0 Å². The summed E-state index contributed by atoms with van der Waals surface area (Å²) in [5, 5.41) is 3.56. The molecule has 0 atom stereocenters. The van der Waals surface area contributed by atoms with Gasteiger partial charge in [0.1, 0.15) is 11.8 Å².